The summed E-state index contributed by atoms with van der Waals surface area (Å²) in [6, 6.07) is 4.05. The number of piperidine rings is 1. The molecule has 0 aliphatic carbocycles. The Morgan fingerprint density at radius 1 is 1.52 bits per heavy atom. The Hall–Kier alpha value is -1.79. The maximum Gasteiger partial charge on any atom is 0.228 e. The highest BCUT2D eigenvalue weighted by Crippen LogP contribution is 2.24. The number of nitrogens with two attached hydrogens (primary N) is 1. The molecule has 2 atom stereocenters. The maximum atomic E-state index is 12.7. The molecule has 23 heavy (non-hydrogen) atoms. The first-order valence-corrected chi connectivity index (χ1v) is 8.93. The quantitative estimate of drug-likeness (QED) is 0.935. The Balaban J connectivity index is 1.69. The van der Waals surface area contributed by atoms with Crippen LogP contribution in [-0.4, -0.2) is 39.4 Å². The van der Waals surface area contributed by atoms with Gasteiger partial charge in [0.15, 0.2) is 0 Å². The molecule has 1 amide bonds. The van der Waals surface area contributed by atoms with Crippen molar-refractivity contribution in [3.63, 3.8) is 0 Å². The topological polar surface area (TPSA) is 72.1 Å². The Bertz CT molecular complexity index is 656. The number of aromatic nitrogens is 2. The number of hydrogen-bond acceptors (Lipinski definition) is 5. The van der Waals surface area contributed by atoms with Gasteiger partial charge in [0.05, 0.1) is 12.1 Å². The zero-order chi connectivity index (χ0) is 16.2. The van der Waals surface area contributed by atoms with Crippen LogP contribution in [0.2, 0.25) is 0 Å². The van der Waals surface area contributed by atoms with Gasteiger partial charge in [-0.3, -0.25) is 9.78 Å². The Labute approximate surface area is 140 Å². The second-order valence-corrected chi connectivity index (χ2v) is 6.93. The van der Waals surface area contributed by atoms with Gasteiger partial charge < -0.3 is 10.6 Å². The molecule has 6 heteroatoms. The summed E-state index contributed by atoms with van der Waals surface area (Å²) in [5.41, 5.74) is 7.87. The second kappa shape index (κ2) is 7.19. The van der Waals surface area contributed by atoms with Crippen LogP contribution in [0.4, 0.5) is 0 Å². The van der Waals surface area contributed by atoms with Crippen LogP contribution in [0.3, 0.4) is 0 Å². The Morgan fingerprint density at radius 2 is 2.39 bits per heavy atom. The van der Waals surface area contributed by atoms with Gasteiger partial charge in [0, 0.05) is 42.0 Å². The predicted octanol–water partition coefficient (Wildman–Crippen LogP) is 2.48. The van der Waals surface area contributed by atoms with Crippen molar-refractivity contribution >= 4 is 17.2 Å². The molecule has 0 bridgehead atoms. The van der Waals surface area contributed by atoms with E-state index in [0.29, 0.717) is 6.42 Å². The second-order valence-electron chi connectivity index (χ2n) is 6.07. The van der Waals surface area contributed by atoms with Crippen molar-refractivity contribution in [3.05, 3.63) is 35.6 Å². The molecule has 2 aromatic rings. The van der Waals surface area contributed by atoms with E-state index in [9.17, 15) is 4.79 Å². The molecule has 0 radical (unpaired) electrons. The zero-order valence-corrected chi connectivity index (χ0v) is 14.1. The normalized spacial score (nSPS) is 19.6. The Morgan fingerprint density at radius 3 is 3.13 bits per heavy atom. The fourth-order valence-electron chi connectivity index (χ4n) is 3.08. The summed E-state index contributed by atoms with van der Waals surface area (Å²) in [4.78, 5) is 23.3. The largest absolute Gasteiger partial charge is 0.338 e. The van der Waals surface area contributed by atoms with Crippen LogP contribution >= 0.6 is 11.3 Å². The number of amides is 1. The summed E-state index contributed by atoms with van der Waals surface area (Å²) in [6.45, 7) is 2.80. The van der Waals surface area contributed by atoms with Crippen LogP contribution in [0, 0.1) is 0 Å². The van der Waals surface area contributed by atoms with E-state index < -0.39 is 0 Å². The van der Waals surface area contributed by atoms with E-state index in [-0.39, 0.29) is 18.0 Å². The number of pyridine rings is 1. The zero-order valence-electron chi connectivity index (χ0n) is 13.3. The van der Waals surface area contributed by atoms with Crippen molar-refractivity contribution in [3.8, 4) is 10.6 Å². The van der Waals surface area contributed by atoms with Crippen LogP contribution in [0.15, 0.2) is 29.9 Å². The molecule has 1 saturated heterocycles. The first-order valence-electron chi connectivity index (χ1n) is 8.05. The van der Waals surface area contributed by atoms with Gasteiger partial charge in [0.2, 0.25) is 5.91 Å². The standard InChI is InChI=1S/C17H22N4OS/c1-12(18)15-6-2-3-8-21(15)16(22)9-14-11-23-17(20-14)13-5-4-7-19-10-13/h4-5,7,10-12,15H,2-3,6,8-9,18H2,1H3. The maximum absolute atomic E-state index is 12.7. The fraction of sp³-hybridized carbons (Fsp3) is 0.471. The molecular weight excluding hydrogens is 308 g/mol. The third kappa shape index (κ3) is 3.76. The van der Waals surface area contributed by atoms with Crippen LogP contribution in [0.25, 0.3) is 10.6 Å². The molecule has 0 saturated carbocycles. The van der Waals surface area contributed by atoms with Crippen LogP contribution in [-0.2, 0) is 11.2 Å². The summed E-state index contributed by atoms with van der Waals surface area (Å²) in [6.07, 6.45) is 7.10. The van der Waals surface area contributed by atoms with Crippen LogP contribution in [0.5, 0.6) is 0 Å². The van der Waals surface area contributed by atoms with Gasteiger partial charge in [0.25, 0.3) is 0 Å². The molecule has 0 aromatic carbocycles. The number of nitrogens with zero attached hydrogens (tertiary/aromatic N) is 3. The molecular formula is C17H22N4OS. The van der Waals surface area contributed by atoms with Gasteiger partial charge >= 0.3 is 0 Å². The lowest BCUT2D eigenvalue weighted by molar-refractivity contribution is -0.134. The SMILES string of the molecule is CC(N)C1CCCCN1C(=O)Cc1csc(-c2cccnc2)n1. The van der Waals surface area contributed by atoms with Gasteiger partial charge in [-0.2, -0.15) is 0 Å². The average molecular weight is 330 g/mol. The summed E-state index contributed by atoms with van der Waals surface area (Å²) < 4.78 is 0. The molecule has 2 N–H and O–H groups in total. The monoisotopic (exact) mass is 330 g/mol. The number of likely N-dealkylation sites (tertiary alicyclic amines) is 1. The average Bonchev–Trinajstić information content (AvgIpc) is 3.04. The van der Waals surface area contributed by atoms with Gasteiger partial charge in [0.1, 0.15) is 5.01 Å². The highest BCUT2D eigenvalue weighted by Gasteiger charge is 2.29. The molecule has 3 rings (SSSR count). The Kier molecular flexibility index (Phi) is 5.03. The molecule has 1 aliphatic heterocycles. The van der Waals surface area contributed by atoms with Crippen LogP contribution in [0.1, 0.15) is 31.9 Å². The molecule has 122 valence electrons. The fourth-order valence-corrected chi connectivity index (χ4v) is 3.89. The lowest BCUT2D eigenvalue weighted by Gasteiger charge is -2.38. The third-order valence-corrected chi connectivity index (χ3v) is 5.21. The van der Waals surface area contributed by atoms with E-state index in [1.54, 1.807) is 23.7 Å². The smallest absolute Gasteiger partial charge is 0.228 e. The summed E-state index contributed by atoms with van der Waals surface area (Å²) >= 11 is 1.55. The third-order valence-electron chi connectivity index (χ3n) is 4.27. The number of rotatable bonds is 4. The van der Waals surface area contributed by atoms with Crippen LogP contribution < -0.4 is 5.73 Å². The van der Waals surface area contributed by atoms with E-state index in [1.165, 1.54) is 0 Å². The first-order chi connectivity index (χ1) is 11.1. The number of hydrogen-bond donors (Lipinski definition) is 1. The number of carbonyl (C=O) groups is 1. The number of thiazole rings is 1. The molecule has 2 unspecified atom stereocenters. The molecule has 3 heterocycles. The van der Waals surface area contributed by atoms with Crippen molar-refractivity contribution in [2.75, 3.05) is 6.54 Å². The highest BCUT2D eigenvalue weighted by molar-refractivity contribution is 7.13. The molecule has 0 spiro atoms. The van der Waals surface area contributed by atoms with Crippen molar-refractivity contribution < 1.29 is 4.79 Å². The molecule has 1 aliphatic rings. The van der Waals surface area contributed by atoms with Gasteiger partial charge in [-0.1, -0.05) is 0 Å². The van der Waals surface area contributed by atoms with Gasteiger partial charge in [-0.25, -0.2) is 4.98 Å². The van der Waals surface area contributed by atoms with Crippen molar-refractivity contribution in [2.24, 2.45) is 5.73 Å². The minimum atomic E-state index is 0.0145. The van der Waals surface area contributed by atoms with E-state index in [1.807, 2.05) is 29.3 Å². The minimum absolute atomic E-state index is 0.0145. The summed E-state index contributed by atoms with van der Waals surface area (Å²) in [7, 11) is 0. The van der Waals surface area contributed by atoms with E-state index >= 15 is 0 Å². The summed E-state index contributed by atoms with van der Waals surface area (Å²) in [5, 5.41) is 2.87. The van der Waals surface area contributed by atoms with Gasteiger partial charge in [-0.15, -0.1) is 11.3 Å². The molecule has 1 fully saturated rings. The van der Waals surface area contributed by atoms with Crippen molar-refractivity contribution in [2.45, 2.75) is 44.7 Å². The molecule has 2 aromatic heterocycles. The lowest BCUT2D eigenvalue weighted by atomic mass is 9.96. The van der Waals surface area contributed by atoms with Crippen molar-refractivity contribution in [1.29, 1.82) is 0 Å². The highest BCUT2D eigenvalue weighted by atomic mass is 32.1. The lowest BCUT2D eigenvalue weighted by Crippen LogP contribution is -2.52. The summed E-state index contributed by atoms with van der Waals surface area (Å²) in [5.74, 6) is 0.134. The minimum Gasteiger partial charge on any atom is -0.338 e. The van der Waals surface area contributed by atoms with Gasteiger partial charge in [-0.05, 0) is 38.3 Å². The van der Waals surface area contributed by atoms with Crippen molar-refractivity contribution in [1.82, 2.24) is 14.9 Å². The molecule has 5 nitrogen and oxygen atoms in total. The number of carbonyl (C=O) groups excluding carboxylic acids is 1. The first kappa shape index (κ1) is 16.1. The predicted molar refractivity (Wildman–Crippen MR) is 92.1 cm³/mol. The van der Waals surface area contributed by atoms with E-state index in [2.05, 4.69) is 9.97 Å². The van der Waals surface area contributed by atoms with E-state index in [4.69, 9.17) is 5.73 Å². The van der Waals surface area contributed by atoms with E-state index in [0.717, 1.165) is 42.1 Å².